The van der Waals surface area contributed by atoms with Crippen LogP contribution in [0.2, 0.25) is 0 Å². The van der Waals surface area contributed by atoms with E-state index in [0.717, 1.165) is 16.0 Å². The van der Waals surface area contributed by atoms with Crippen molar-refractivity contribution in [1.82, 2.24) is 9.96 Å². The first-order valence-electron chi connectivity index (χ1n) is 7.85. The van der Waals surface area contributed by atoms with E-state index in [4.69, 9.17) is 4.74 Å². The number of amides is 2. The molecule has 0 radical (unpaired) electrons. The van der Waals surface area contributed by atoms with E-state index >= 15 is 0 Å². The fraction of sp³-hybridized carbons (Fsp3) is 0.294. The molecule has 1 N–H and O–H groups in total. The molecule has 2 aromatic rings. The number of fused-ring (bicyclic) bond motifs is 4. The average Bonchev–Trinajstić information content (AvgIpc) is 3.13. The van der Waals surface area contributed by atoms with Gasteiger partial charge in [-0.3, -0.25) is 5.21 Å². The van der Waals surface area contributed by atoms with Gasteiger partial charge in [-0.15, -0.1) is 11.3 Å². The first kappa shape index (κ1) is 16.0. The monoisotopic (exact) mass is 362 g/mol. The number of hydrogen-bond acceptors (Lipinski definition) is 5. The number of urea groups is 1. The van der Waals surface area contributed by atoms with Crippen molar-refractivity contribution in [2.75, 3.05) is 13.2 Å². The summed E-state index contributed by atoms with van der Waals surface area (Å²) in [5.41, 5.74) is 2.14. The normalized spacial score (nSPS) is 21.5. The Morgan fingerprint density at radius 2 is 2.12 bits per heavy atom. The van der Waals surface area contributed by atoms with Crippen molar-refractivity contribution in [3.63, 3.8) is 0 Å². The molecular formula is C17H15FN2O4S. The van der Waals surface area contributed by atoms with Crippen LogP contribution in [0.5, 0.6) is 0 Å². The summed E-state index contributed by atoms with van der Waals surface area (Å²) in [6.07, 6.45) is 0. The quantitative estimate of drug-likeness (QED) is 0.672. The number of benzene rings is 1. The highest BCUT2D eigenvalue weighted by Gasteiger charge is 2.52. The number of carbonyl (C=O) groups excluding carboxylic acids is 2. The molecular weight excluding hydrogens is 347 g/mol. The minimum Gasteiger partial charge on any atom is -0.464 e. The molecule has 2 aliphatic heterocycles. The maximum Gasteiger partial charge on any atom is 0.345 e. The Hall–Kier alpha value is -2.45. The van der Waals surface area contributed by atoms with E-state index in [2.05, 4.69) is 0 Å². The van der Waals surface area contributed by atoms with Gasteiger partial charge in [0.1, 0.15) is 11.9 Å². The zero-order valence-corrected chi connectivity index (χ0v) is 14.1. The van der Waals surface area contributed by atoms with Gasteiger partial charge in [0.25, 0.3) is 0 Å². The van der Waals surface area contributed by atoms with Crippen LogP contribution < -0.4 is 0 Å². The van der Waals surface area contributed by atoms with Crippen LogP contribution in [0.3, 0.4) is 0 Å². The van der Waals surface area contributed by atoms with Crippen molar-refractivity contribution < 1.29 is 23.9 Å². The predicted molar refractivity (Wildman–Crippen MR) is 87.6 cm³/mol. The maximum atomic E-state index is 13.2. The van der Waals surface area contributed by atoms with Gasteiger partial charge in [-0.1, -0.05) is 12.1 Å². The highest BCUT2D eigenvalue weighted by Crippen LogP contribution is 2.50. The summed E-state index contributed by atoms with van der Waals surface area (Å²) < 4.78 is 18.4. The Morgan fingerprint density at radius 3 is 2.80 bits per heavy atom. The van der Waals surface area contributed by atoms with Gasteiger partial charge in [-0.25, -0.2) is 14.0 Å². The second-order valence-corrected chi connectivity index (χ2v) is 6.80. The van der Waals surface area contributed by atoms with E-state index in [9.17, 15) is 19.2 Å². The van der Waals surface area contributed by atoms with Crippen LogP contribution in [0.4, 0.5) is 9.18 Å². The van der Waals surface area contributed by atoms with Gasteiger partial charge in [0.05, 0.1) is 13.2 Å². The Balaban J connectivity index is 1.88. The number of nitrogens with zero attached hydrogens (tertiary/aromatic N) is 2. The Morgan fingerprint density at radius 1 is 1.40 bits per heavy atom. The van der Waals surface area contributed by atoms with Gasteiger partial charge >= 0.3 is 12.0 Å². The molecule has 3 heterocycles. The fourth-order valence-corrected chi connectivity index (χ4v) is 4.60. The first-order valence-corrected chi connectivity index (χ1v) is 8.73. The number of halogens is 1. The summed E-state index contributed by atoms with van der Waals surface area (Å²) in [4.78, 5) is 27.0. The van der Waals surface area contributed by atoms with E-state index in [0.29, 0.717) is 10.6 Å². The molecule has 130 valence electrons. The molecule has 0 aliphatic carbocycles. The van der Waals surface area contributed by atoms with Crippen molar-refractivity contribution in [2.24, 2.45) is 0 Å². The van der Waals surface area contributed by atoms with Crippen molar-refractivity contribution in [3.8, 4) is 11.1 Å². The first-order chi connectivity index (χ1) is 12.0. The SMILES string of the molecule is CCOC(=O)[C@@H]1c2c(-c3ccc(F)cc3)csc2[C@H]2CN1C(=O)N2O. The van der Waals surface area contributed by atoms with Crippen molar-refractivity contribution >= 4 is 23.3 Å². The number of hydrogen-bond donors (Lipinski definition) is 1. The summed E-state index contributed by atoms with van der Waals surface area (Å²) >= 11 is 1.37. The zero-order chi connectivity index (χ0) is 17.7. The Bertz CT molecular complexity index is 851. The van der Waals surface area contributed by atoms with E-state index in [1.165, 1.54) is 28.4 Å². The highest BCUT2D eigenvalue weighted by molar-refractivity contribution is 7.10. The molecule has 8 heteroatoms. The minimum atomic E-state index is -0.915. The van der Waals surface area contributed by atoms with Crippen LogP contribution in [0.1, 0.15) is 29.4 Å². The molecule has 2 bridgehead atoms. The van der Waals surface area contributed by atoms with Crippen LogP contribution in [0.15, 0.2) is 29.6 Å². The summed E-state index contributed by atoms with van der Waals surface area (Å²) in [6, 6.07) is 3.92. The fourth-order valence-electron chi connectivity index (χ4n) is 3.41. The lowest BCUT2D eigenvalue weighted by molar-refractivity contribution is -0.148. The number of ether oxygens (including phenoxy) is 1. The lowest BCUT2D eigenvalue weighted by Gasteiger charge is -2.30. The van der Waals surface area contributed by atoms with E-state index in [-0.39, 0.29) is 19.0 Å². The Kier molecular flexibility index (Phi) is 3.73. The molecule has 2 atom stereocenters. The molecule has 0 saturated carbocycles. The third-order valence-corrected chi connectivity index (χ3v) is 5.62. The van der Waals surface area contributed by atoms with Crippen molar-refractivity contribution in [1.29, 1.82) is 0 Å². The Labute approximate surface area is 147 Å². The second-order valence-electron chi connectivity index (χ2n) is 5.88. The molecule has 1 aromatic carbocycles. The highest BCUT2D eigenvalue weighted by atomic mass is 32.1. The summed E-state index contributed by atoms with van der Waals surface area (Å²) in [7, 11) is 0. The van der Waals surface area contributed by atoms with Gasteiger partial charge in [-0.2, -0.15) is 5.06 Å². The van der Waals surface area contributed by atoms with E-state index in [1.807, 2.05) is 5.38 Å². The standard InChI is InChI=1S/C17H15FN2O4S/c1-2-24-16(21)14-13-11(9-3-5-10(18)6-4-9)8-25-15(13)12-7-19(14)17(22)20(12)23/h3-6,8,12,14,23H,2,7H2,1H3/t12-,14+/m1/s1. The van der Waals surface area contributed by atoms with E-state index < -0.39 is 24.1 Å². The minimum absolute atomic E-state index is 0.189. The molecule has 2 aliphatic rings. The van der Waals surface area contributed by atoms with Crippen LogP contribution in [0, 0.1) is 5.82 Å². The van der Waals surface area contributed by atoms with Crippen LogP contribution in [-0.2, 0) is 9.53 Å². The van der Waals surface area contributed by atoms with E-state index in [1.54, 1.807) is 19.1 Å². The molecule has 1 fully saturated rings. The number of esters is 1. The number of carbonyl (C=O) groups is 2. The van der Waals surface area contributed by atoms with Gasteiger partial charge in [0.2, 0.25) is 0 Å². The molecule has 1 aromatic heterocycles. The molecule has 25 heavy (non-hydrogen) atoms. The zero-order valence-electron chi connectivity index (χ0n) is 13.3. The lowest BCUT2D eigenvalue weighted by atomic mass is 9.92. The molecule has 4 rings (SSSR count). The summed E-state index contributed by atoms with van der Waals surface area (Å²) in [5, 5.41) is 12.6. The maximum absolute atomic E-state index is 13.2. The summed E-state index contributed by atoms with van der Waals surface area (Å²) in [6.45, 7) is 2.12. The van der Waals surface area contributed by atoms with Gasteiger partial charge < -0.3 is 9.64 Å². The average molecular weight is 362 g/mol. The summed E-state index contributed by atoms with van der Waals surface area (Å²) in [5.74, 6) is -0.886. The smallest absolute Gasteiger partial charge is 0.345 e. The molecule has 1 saturated heterocycles. The number of thiophene rings is 1. The van der Waals surface area contributed by atoms with Gasteiger partial charge in [0.15, 0.2) is 6.04 Å². The topological polar surface area (TPSA) is 70.1 Å². The van der Waals surface area contributed by atoms with Crippen molar-refractivity contribution in [2.45, 2.75) is 19.0 Å². The predicted octanol–water partition coefficient (Wildman–Crippen LogP) is 3.34. The molecule has 2 amide bonds. The number of rotatable bonds is 3. The third kappa shape index (κ3) is 2.32. The molecule has 6 nitrogen and oxygen atoms in total. The van der Waals surface area contributed by atoms with Crippen LogP contribution >= 0.6 is 11.3 Å². The number of hydroxylamine groups is 2. The van der Waals surface area contributed by atoms with Gasteiger partial charge in [0, 0.05) is 10.4 Å². The van der Waals surface area contributed by atoms with Gasteiger partial charge in [-0.05, 0) is 35.6 Å². The lowest BCUT2D eigenvalue weighted by Crippen LogP contribution is -2.39. The van der Waals surface area contributed by atoms with Crippen LogP contribution in [0.25, 0.3) is 11.1 Å². The second kappa shape index (κ2) is 5.82. The van der Waals surface area contributed by atoms with Crippen molar-refractivity contribution in [3.05, 3.63) is 45.9 Å². The molecule has 0 spiro atoms. The largest absolute Gasteiger partial charge is 0.464 e. The van der Waals surface area contributed by atoms with Crippen LogP contribution in [-0.4, -0.2) is 40.3 Å². The third-order valence-electron chi connectivity index (χ3n) is 4.52. The molecule has 0 unspecified atom stereocenters.